The highest BCUT2D eigenvalue weighted by atomic mass is 32.2. The second kappa shape index (κ2) is 6.19. The summed E-state index contributed by atoms with van der Waals surface area (Å²) in [5.74, 6) is -2.66. The van der Waals surface area contributed by atoms with Crippen molar-refractivity contribution in [2.75, 3.05) is 19.5 Å². The van der Waals surface area contributed by atoms with Gasteiger partial charge in [-0.3, -0.25) is 4.79 Å². The maximum atomic E-state index is 12.9. The van der Waals surface area contributed by atoms with Crippen LogP contribution < -0.4 is 5.32 Å². The second-order valence-electron chi connectivity index (χ2n) is 5.52. The third kappa shape index (κ3) is 2.81. The van der Waals surface area contributed by atoms with Crippen LogP contribution in [-0.2, 0) is 14.8 Å². The quantitative estimate of drug-likeness (QED) is 0.769. The predicted octanol–water partition coefficient (Wildman–Crippen LogP) is 0.672. The molecule has 0 aliphatic carbocycles. The number of fused-ring (bicyclic) bond motifs is 1. The van der Waals surface area contributed by atoms with Crippen molar-refractivity contribution in [3.63, 3.8) is 0 Å². The third-order valence-electron chi connectivity index (χ3n) is 4.08. The van der Waals surface area contributed by atoms with Crippen LogP contribution in [-0.4, -0.2) is 54.7 Å². The number of aliphatic hydroxyl groups is 1. The van der Waals surface area contributed by atoms with E-state index in [1.807, 2.05) is 0 Å². The zero-order valence-electron chi connectivity index (χ0n) is 13.6. The fourth-order valence-electron chi connectivity index (χ4n) is 2.78. The Bertz CT molecular complexity index is 903. The van der Waals surface area contributed by atoms with E-state index in [0.29, 0.717) is 0 Å². The zero-order chi connectivity index (χ0) is 18.2. The van der Waals surface area contributed by atoms with Crippen LogP contribution in [0.2, 0.25) is 0 Å². The molecule has 0 fully saturated rings. The molecule has 2 atom stereocenters. The van der Waals surface area contributed by atoms with E-state index < -0.39 is 27.8 Å². The van der Waals surface area contributed by atoms with Gasteiger partial charge < -0.3 is 15.2 Å². The van der Waals surface area contributed by atoms with Gasteiger partial charge in [0.25, 0.3) is 5.91 Å². The number of ketones is 1. The number of nitrogens with one attached hydrogen (secondary N) is 1. The smallest absolute Gasteiger partial charge is 0.272 e. The van der Waals surface area contributed by atoms with E-state index in [1.165, 1.54) is 38.6 Å². The van der Waals surface area contributed by atoms with Gasteiger partial charge in [0.1, 0.15) is 5.82 Å². The number of nitrogens with zero attached hydrogens (tertiary/aromatic N) is 2. The standard InChI is InChI=1S/C16H17N3O5S/c1-19-15(16(21,24-2)18-13-9-5-6-10-17-13)14(20)11-7-3-4-8-12(11)25(19,22)23/h3-10,15,21H,1-2H3,(H,17,18). The summed E-state index contributed by atoms with van der Waals surface area (Å²) in [6, 6.07) is 9.23. The summed E-state index contributed by atoms with van der Waals surface area (Å²) in [6.07, 6.45) is 1.48. The van der Waals surface area contributed by atoms with Crippen LogP contribution in [0.1, 0.15) is 10.4 Å². The Morgan fingerprint density at radius 3 is 2.56 bits per heavy atom. The van der Waals surface area contributed by atoms with Crippen LogP contribution in [0.15, 0.2) is 53.6 Å². The maximum Gasteiger partial charge on any atom is 0.272 e. The predicted molar refractivity (Wildman–Crippen MR) is 89.3 cm³/mol. The van der Waals surface area contributed by atoms with Crippen molar-refractivity contribution in [2.24, 2.45) is 0 Å². The van der Waals surface area contributed by atoms with Crippen LogP contribution in [0.25, 0.3) is 0 Å². The highest BCUT2D eigenvalue weighted by molar-refractivity contribution is 7.89. The average Bonchev–Trinajstić information content (AvgIpc) is 2.61. The molecule has 0 spiro atoms. The van der Waals surface area contributed by atoms with Gasteiger partial charge >= 0.3 is 0 Å². The number of carbonyl (C=O) groups excluding carboxylic acids is 1. The molecule has 0 saturated carbocycles. The van der Waals surface area contributed by atoms with Crippen molar-refractivity contribution in [2.45, 2.75) is 16.8 Å². The lowest BCUT2D eigenvalue weighted by atomic mass is 10.0. The zero-order valence-corrected chi connectivity index (χ0v) is 14.4. The Hall–Kier alpha value is -2.33. The monoisotopic (exact) mass is 363 g/mol. The largest absolute Gasteiger partial charge is 0.347 e. The van der Waals surface area contributed by atoms with E-state index in [2.05, 4.69) is 10.3 Å². The van der Waals surface area contributed by atoms with Gasteiger partial charge in [-0.25, -0.2) is 13.4 Å². The van der Waals surface area contributed by atoms with E-state index in [4.69, 9.17) is 4.74 Å². The Morgan fingerprint density at radius 1 is 1.24 bits per heavy atom. The van der Waals surface area contributed by atoms with Crippen molar-refractivity contribution in [3.05, 3.63) is 54.2 Å². The number of Topliss-reactive ketones (excluding diaryl/α,β-unsaturated/α-hetero) is 1. The molecule has 132 valence electrons. The first-order valence-corrected chi connectivity index (χ1v) is 8.83. The van der Waals surface area contributed by atoms with Gasteiger partial charge in [-0.1, -0.05) is 18.2 Å². The topological polar surface area (TPSA) is 109 Å². The number of anilines is 1. The summed E-state index contributed by atoms with van der Waals surface area (Å²) in [5.41, 5.74) is 0.00361. The Kier molecular flexibility index (Phi) is 4.33. The van der Waals surface area contributed by atoms with Gasteiger partial charge in [-0.05, 0) is 24.3 Å². The Morgan fingerprint density at radius 2 is 1.92 bits per heavy atom. The van der Waals surface area contributed by atoms with Gasteiger partial charge in [0.15, 0.2) is 11.8 Å². The summed E-state index contributed by atoms with van der Waals surface area (Å²) in [6.45, 7) is 0. The first kappa shape index (κ1) is 17.5. The van der Waals surface area contributed by atoms with Crippen LogP contribution in [0.5, 0.6) is 0 Å². The molecule has 1 aromatic heterocycles. The molecule has 1 aliphatic rings. The maximum absolute atomic E-state index is 12.9. The number of sulfonamides is 1. The molecule has 9 heteroatoms. The Labute approximate surface area is 145 Å². The number of pyridine rings is 1. The summed E-state index contributed by atoms with van der Waals surface area (Å²) in [4.78, 5) is 16.8. The fourth-order valence-corrected chi connectivity index (χ4v) is 4.30. The normalized spacial score (nSPS) is 22.0. The summed E-state index contributed by atoms with van der Waals surface area (Å²) < 4.78 is 31.4. The second-order valence-corrected chi connectivity index (χ2v) is 7.49. The molecule has 2 N–H and O–H groups in total. The molecule has 3 rings (SSSR count). The highest BCUT2D eigenvalue weighted by Gasteiger charge is 2.53. The Balaban J connectivity index is 2.10. The van der Waals surface area contributed by atoms with Gasteiger partial charge in [0.05, 0.1) is 4.90 Å². The summed E-state index contributed by atoms with van der Waals surface area (Å²) >= 11 is 0. The lowest BCUT2D eigenvalue weighted by molar-refractivity contribution is -0.183. The molecular formula is C16H17N3O5S. The number of carbonyl (C=O) groups is 1. The van der Waals surface area contributed by atoms with Gasteiger partial charge in [-0.2, -0.15) is 4.31 Å². The first-order chi connectivity index (χ1) is 11.8. The molecule has 2 unspecified atom stereocenters. The van der Waals surface area contributed by atoms with Crippen LogP contribution in [0.3, 0.4) is 0 Å². The van der Waals surface area contributed by atoms with Gasteiger partial charge in [0.2, 0.25) is 10.0 Å². The SMILES string of the molecule is COC(O)(Nc1ccccn1)C1C(=O)c2ccccc2S(=O)(=O)N1C. The minimum atomic E-state index is -3.98. The van der Waals surface area contributed by atoms with E-state index in [9.17, 15) is 18.3 Å². The minimum Gasteiger partial charge on any atom is -0.347 e. The van der Waals surface area contributed by atoms with Crippen LogP contribution in [0.4, 0.5) is 5.82 Å². The van der Waals surface area contributed by atoms with E-state index in [-0.39, 0.29) is 16.3 Å². The van der Waals surface area contributed by atoms with Crippen molar-refractivity contribution in [1.82, 2.24) is 9.29 Å². The molecule has 0 bridgehead atoms. The van der Waals surface area contributed by atoms with Crippen molar-refractivity contribution >= 4 is 21.6 Å². The van der Waals surface area contributed by atoms with E-state index in [1.54, 1.807) is 24.3 Å². The number of aromatic nitrogens is 1. The number of benzene rings is 1. The number of ether oxygens (including phenoxy) is 1. The lowest BCUT2D eigenvalue weighted by Crippen LogP contribution is -2.64. The minimum absolute atomic E-state index is 0.00361. The molecule has 1 aliphatic heterocycles. The summed E-state index contributed by atoms with van der Waals surface area (Å²) in [5, 5.41) is 13.5. The van der Waals surface area contributed by atoms with Gasteiger partial charge in [0, 0.05) is 25.9 Å². The summed E-state index contributed by atoms with van der Waals surface area (Å²) in [7, 11) is -1.59. The van der Waals surface area contributed by atoms with Crippen LogP contribution >= 0.6 is 0 Å². The van der Waals surface area contributed by atoms with Crippen molar-refractivity contribution < 1.29 is 23.1 Å². The average molecular weight is 363 g/mol. The molecule has 2 aromatic rings. The number of hydrogen-bond donors (Lipinski definition) is 2. The number of rotatable bonds is 4. The molecule has 1 aromatic carbocycles. The first-order valence-electron chi connectivity index (χ1n) is 7.39. The molecule has 0 saturated heterocycles. The molecule has 2 heterocycles. The molecule has 25 heavy (non-hydrogen) atoms. The third-order valence-corrected chi connectivity index (χ3v) is 5.96. The van der Waals surface area contributed by atoms with Crippen LogP contribution in [0, 0.1) is 0 Å². The molecule has 8 nitrogen and oxygen atoms in total. The lowest BCUT2D eigenvalue weighted by Gasteiger charge is -2.41. The number of likely N-dealkylation sites (N-methyl/N-ethyl adjacent to an activating group) is 1. The fraction of sp³-hybridized carbons (Fsp3) is 0.250. The number of hydrogen-bond acceptors (Lipinski definition) is 7. The van der Waals surface area contributed by atoms with Crippen molar-refractivity contribution in [3.8, 4) is 0 Å². The highest BCUT2D eigenvalue weighted by Crippen LogP contribution is 2.34. The molecule has 0 radical (unpaired) electrons. The molecule has 0 amide bonds. The number of methoxy groups -OCH3 is 1. The van der Waals surface area contributed by atoms with E-state index in [0.717, 1.165) is 4.31 Å². The van der Waals surface area contributed by atoms with Crippen molar-refractivity contribution in [1.29, 1.82) is 0 Å². The van der Waals surface area contributed by atoms with E-state index >= 15 is 0 Å². The molecular weight excluding hydrogens is 346 g/mol. The van der Waals surface area contributed by atoms with Gasteiger partial charge in [-0.15, -0.1) is 0 Å².